The van der Waals surface area contributed by atoms with Crippen LogP contribution < -0.4 is 0 Å². The van der Waals surface area contributed by atoms with Crippen LogP contribution in [-0.4, -0.2) is 32.2 Å². The maximum absolute atomic E-state index is 10.8. The van der Waals surface area contributed by atoms with Crippen molar-refractivity contribution in [2.45, 2.75) is 19.1 Å². The van der Waals surface area contributed by atoms with Crippen LogP contribution in [0.1, 0.15) is 18.6 Å². The van der Waals surface area contributed by atoms with Gasteiger partial charge in [0.2, 0.25) is 0 Å². The zero-order chi connectivity index (χ0) is 13.0. The predicted molar refractivity (Wildman–Crippen MR) is 71.1 cm³/mol. The molecule has 4 nitrogen and oxygen atoms in total. The van der Waals surface area contributed by atoms with Gasteiger partial charge in [0.05, 0.1) is 6.10 Å². The molecule has 0 aliphatic carbocycles. The summed E-state index contributed by atoms with van der Waals surface area (Å²) in [4.78, 5) is 14.6. The number of rotatable bonds is 4. The third-order valence-corrected chi connectivity index (χ3v) is 3.78. The Hall–Kier alpha value is -0.140. The van der Waals surface area contributed by atoms with Gasteiger partial charge >= 0.3 is 0 Å². The van der Waals surface area contributed by atoms with Crippen molar-refractivity contribution in [3.8, 4) is 0 Å². The second-order valence-electron chi connectivity index (χ2n) is 3.34. The first-order valence-corrected chi connectivity index (χ1v) is 6.88. The molecule has 0 aliphatic rings. The molecule has 94 valence electrons. The number of hydrogen-bond acceptors (Lipinski definition) is 5. The van der Waals surface area contributed by atoms with Gasteiger partial charge in [-0.3, -0.25) is 4.79 Å². The summed E-state index contributed by atoms with van der Waals surface area (Å²) in [7, 11) is 0. The van der Waals surface area contributed by atoms with Crippen molar-refractivity contribution < 1.29 is 15.0 Å². The van der Waals surface area contributed by atoms with E-state index in [1.165, 1.54) is 19.2 Å². The molecule has 1 heterocycles. The van der Waals surface area contributed by atoms with Gasteiger partial charge in [0.15, 0.2) is 5.12 Å². The summed E-state index contributed by atoms with van der Waals surface area (Å²) in [6.07, 6.45) is -0.707. The highest BCUT2D eigenvalue weighted by molar-refractivity contribution is 9.10. The maximum atomic E-state index is 10.8. The summed E-state index contributed by atoms with van der Waals surface area (Å²) < 4.78 is 0.557. The van der Waals surface area contributed by atoms with E-state index in [1.54, 1.807) is 0 Å². The zero-order valence-corrected chi connectivity index (χ0v) is 12.1. The Balaban J connectivity index is 2.77. The van der Waals surface area contributed by atoms with Crippen LogP contribution in [0.5, 0.6) is 0 Å². The summed E-state index contributed by atoms with van der Waals surface area (Å²) in [5.41, 5.74) is 0.446. The molecule has 2 atom stereocenters. The predicted octanol–water partition coefficient (Wildman–Crippen LogP) is 2.17. The van der Waals surface area contributed by atoms with Crippen molar-refractivity contribution in [2.24, 2.45) is 0 Å². The lowest BCUT2D eigenvalue weighted by molar-refractivity contribution is -0.109. The number of carbonyl (C=O) groups is 1. The fraction of sp³-hybridized carbons (Fsp3) is 0.400. The monoisotopic (exact) mass is 339 g/mol. The molecule has 0 saturated heterocycles. The van der Waals surface area contributed by atoms with E-state index in [-0.39, 0.29) is 16.0 Å². The topological polar surface area (TPSA) is 70.4 Å². The number of halogens is 2. The molecule has 2 unspecified atom stereocenters. The molecule has 0 saturated carbocycles. The molecule has 0 radical (unpaired) electrons. The highest BCUT2D eigenvalue weighted by atomic mass is 79.9. The van der Waals surface area contributed by atoms with Crippen molar-refractivity contribution >= 4 is 44.4 Å². The van der Waals surface area contributed by atoms with Gasteiger partial charge in [-0.2, -0.15) is 0 Å². The van der Waals surface area contributed by atoms with Crippen molar-refractivity contribution in [3.63, 3.8) is 0 Å². The molecule has 0 aliphatic heterocycles. The SMILES string of the molecule is CC(=O)SCC(O)C(O)c1cc(Cl)ncc1Br. The molecular formula is C10H11BrClNO3S. The Kier molecular flexibility index (Phi) is 5.88. The number of carbonyl (C=O) groups excluding carboxylic acids is 1. The second kappa shape index (κ2) is 6.70. The van der Waals surface area contributed by atoms with Crippen LogP contribution in [-0.2, 0) is 4.79 Å². The normalized spacial score (nSPS) is 14.4. The summed E-state index contributed by atoms with van der Waals surface area (Å²) in [5.74, 6) is 0.128. The van der Waals surface area contributed by atoms with Crippen molar-refractivity contribution in [1.29, 1.82) is 0 Å². The molecular weight excluding hydrogens is 330 g/mol. The number of pyridine rings is 1. The van der Waals surface area contributed by atoms with E-state index in [1.807, 2.05) is 0 Å². The minimum atomic E-state index is -1.11. The second-order valence-corrected chi connectivity index (χ2v) is 5.78. The quantitative estimate of drug-likeness (QED) is 0.822. The molecule has 1 aromatic rings. The summed E-state index contributed by atoms with van der Waals surface area (Å²) in [6.45, 7) is 1.41. The van der Waals surface area contributed by atoms with Gasteiger partial charge in [-0.1, -0.05) is 23.4 Å². The first-order chi connectivity index (χ1) is 7.91. The van der Waals surface area contributed by atoms with Crippen molar-refractivity contribution in [1.82, 2.24) is 4.98 Å². The van der Waals surface area contributed by atoms with E-state index in [4.69, 9.17) is 11.6 Å². The highest BCUT2D eigenvalue weighted by Crippen LogP contribution is 2.28. The van der Waals surface area contributed by atoms with Gasteiger partial charge in [0, 0.05) is 28.9 Å². The van der Waals surface area contributed by atoms with Gasteiger partial charge in [-0.25, -0.2) is 4.98 Å². The van der Waals surface area contributed by atoms with Crippen LogP contribution in [0.4, 0.5) is 0 Å². The Morgan fingerprint density at radius 2 is 2.29 bits per heavy atom. The van der Waals surface area contributed by atoms with Gasteiger partial charge in [0.1, 0.15) is 11.3 Å². The molecule has 0 aromatic carbocycles. The maximum Gasteiger partial charge on any atom is 0.185 e. The van der Waals surface area contributed by atoms with Crippen LogP contribution in [0.25, 0.3) is 0 Å². The number of thioether (sulfide) groups is 1. The Labute approximate surface area is 117 Å². The molecule has 17 heavy (non-hydrogen) atoms. The first-order valence-electron chi connectivity index (χ1n) is 4.72. The van der Waals surface area contributed by atoms with Crippen molar-refractivity contribution in [3.05, 3.63) is 27.5 Å². The van der Waals surface area contributed by atoms with Gasteiger partial charge in [0.25, 0.3) is 0 Å². The number of hydrogen-bond donors (Lipinski definition) is 2. The number of nitrogens with zero attached hydrogens (tertiary/aromatic N) is 1. The molecule has 0 bridgehead atoms. The Bertz CT molecular complexity index is 419. The van der Waals surface area contributed by atoms with Gasteiger partial charge in [-0.05, 0) is 22.0 Å². The van der Waals surface area contributed by atoms with Crippen LogP contribution >= 0.6 is 39.3 Å². The van der Waals surface area contributed by atoms with Gasteiger partial charge < -0.3 is 10.2 Å². The highest BCUT2D eigenvalue weighted by Gasteiger charge is 2.21. The molecule has 1 rings (SSSR count). The number of aromatic nitrogens is 1. The molecule has 0 amide bonds. The van der Waals surface area contributed by atoms with E-state index in [2.05, 4.69) is 20.9 Å². The average molecular weight is 341 g/mol. The Morgan fingerprint density at radius 3 is 2.88 bits per heavy atom. The van der Waals surface area contributed by atoms with Crippen LogP contribution in [0.2, 0.25) is 5.15 Å². The van der Waals surface area contributed by atoms with E-state index >= 15 is 0 Å². The van der Waals surface area contributed by atoms with E-state index in [0.717, 1.165) is 11.8 Å². The fourth-order valence-corrected chi connectivity index (χ4v) is 2.36. The van der Waals surface area contributed by atoms with E-state index < -0.39 is 12.2 Å². The Morgan fingerprint density at radius 1 is 1.65 bits per heavy atom. The molecule has 1 aromatic heterocycles. The standard InChI is InChI=1S/C10H11BrClNO3S/c1-5(14)17-4-8(15)10(16)6-2-9(12)13-3-7(6)11/h2-3,8,10,15-16H,4H2,1H3. The molecule has 0 fully saturated rings. The zero-order valence-electron chi connectivity index (χ0n) is 8.93. The van der Waals surface area contributed by atoms with Gasteiger partial charge in [-0.15, -0.1) is 0 Å². The molecule has 2 N–H and O–H groups in total. The minimum absolute atomic E-state index is 0.108. The lowest BCUT2D eigenvalue weighted by Gasteiger charge is -2.18. The van der Waals surface area contributed by atoms with E-state index in [9.17, 15) is 15.0 Å². The van der Waals surface area contributed by atoms with Crippen LogP contribution in [0.15, 0.2) is 16.7 Å². The summed E-state index contributed by atoms with van der Waals surface area (Å²) in [6, 6.07) is 1.47. The third-order valence-electron chi connectivity index (χ3n) is 1.99. The van der Waals surface area contributed by atoms with E-state index in [0.29, 0.717) is 10.0 Å². The number of aliphatic hydroxyl groups excluding tert-OH is 2. The third kappa shape index (κ3) is 4.56. The lowest BCUT2D eigenvalue weighted by Crippen LogP contribution is -2.21. The smallest absolute Gasteiger partial charge is 0.185 e. The van der Waals surface area contributed by atoms with Crippen LogP contribution in [0.3, 0.4) is 0 Å². The largest absolute Gasteiger partial charge is 0.389 e. The lowest BCUT2D eigenvalue weighted by atomic mass is 10.1. The average Bonchev–Trinajstić information content (AvgIpc) is 2.28. The first kappa shape index (κ1) is 14.9. The number of aliphatic hydroxyl groups is 2. The molecule has 7 heteroatoms. The minimum Gasteiger partial charge on any atom is -0.389 e. The summed E-state index contributed by atoms with van der Waals surface area (Å²) in [5, 5.41) is 19.8. The summed E-state index contributed by atoms with van der Waals surface area (Å²) >= 11 is 9.88. The fourth-order valence-electron chi connectivity index (χ4n) is 1.16. The molecule has 0 spiro atoms. The van der Waals surface area contributed by atoms with Crippen LogP contribution in [0, 0.1) is 0 Å². The van der Waals surface area contributed by atoms with Crippen molar-refractivity contribution in [2.75, 3.05) is 5.75 Å².